The van der Waals surface area contributed by atoms with Crippen LogP contribution < -0.4 is 11.1 Å². The molecule has 5 heteroatoms. The molecule has 1 amide bonds. The SMILES string of the molecule is CC1OCCC1CNC(=O)c1cccc(C(N)=S)c1. The first-order chi connectivity index (χ1) is 9.08. The van der Waals surface area contributed by atoms with Crippen LogP contribution in [0.15, 0.2) is 24.3 Å². The molecule has 1 aliphatic rings. The Labute approximate surface area is 118 Å². The normalized spacial score (nSPS) is 22.2. The van der Waals surface area contributed by atoms with E-state index in [0.29, 0.717) is 28.6 Å². The number of thiocarbonyl (C=S) groups is 1. The predicted molar refractivity (Wildman–Crippen MR) is 78.2 cm³/mol. The Balaban J connectivity index is 1.96. The van der Waals surface area contributed by atoms with Gasteiger partial charge < -0.3 is 15.8 Å². The summed E-state index contributed by atoms with van der Waals surface area (Å²) in [5.74, 6) is 0.292. The first-order valence-corrected chi connectivity index (χ1v) is 6.78. The topological polar surface area (TPSA) is 64.3 Å². The van der Waals surface area contributed by atoms with Crippen molar-refractivity contribution >= 4 is 23.1 Å². The lowest BCUT2D eigenvalue weighted by Gasteiger charge is -2.14. The molecule has 0 bridgehead atoms. The van der Waals surface area contributed by atoms with E-state index in [1.807, 2.05) is 6.92 Å². The Morgan fingerprint density at radius 3 is 2.89 bits per heavy atom. The van der Waals surface area contributed by atoms with Crippen molar-refractivity contribution in [2.45, 2.75) is 19.4 Å². The fourth-order valence-electron chi connectivity index (χ4n) is 2.18. The van der Waals surface area contributed by atoms with Crippen molar-refractivity contribution in [1.82, 2.24) is 5.32 Å². The van der Waals surface area contributed by atoms with Crippen molar-refractivity contribution in [2.75, 3.05) is 13.2 Å². The highest BCUT2D eigenvalue weighted by molar-refractivity contribution is 7.80. The number of benzene rings is 1. The van der Waals surface area contributed by atoms with Gasteiger partial charge in [0.1, 0.15) is 4.99 Å². The highest BCUT2D eigenvalue weighted by atomic mass is 32.1. The monoisotopic (exact) mass is 278 g/mol. The molecule has 1 aliphatic heterocycles. The summed E-state index contributed by atoms with van der Waals surface area (Å²) >= 11 is 4.91. The molecule has 0 saturated carbocycles. The summed E-state index contributed by atoms with van der Waals surface area (Å²) in [6.45, 7) is 3.45. The molecular formula is C14H18N2O2S. The molecule has 4 nitrogen and oxygen atoms in total. The van der Waals surface area contributed by atoms with Gasteiger partial charge in [-0.3, -0.25) is 4.79 Å². The van der Waals surface area contributed by atoms with Gasteiger partial charge in [0.2, 0.25) is 0 Å². The molecule has 1 aromatic rings. The van der Waals surface area contributed by atoms with Crippen molar-refractivity contribution in [3.8, 4) is 0 Å². The Bertz CT molecular complexity index is 490. The first-order valence-electron chi connectivity index (χ1n) is 6.37. The highest BCUT2D eigenvalue weighted by Gasteiger charge is 2.24. The zero-order valence-electron chi connectivity index (χ0n) is 10.9. The van der Waals surface area contributed by atoms with E-state index in [1.54, 1.807) is 24.3 Å². The quantitative estimate of drug-likeness (QED) is 0.819. The molecule has 0 spiro atoms. The Morgan fingerprint density at radius 1 is 1.53 bits per heavy atom. The van der Waals surface area contributed by atoms with Crippen molar-refractivity contribution in [3.05, 3.63) is 35.4 Å². The maximum absolute atomic E-state index is 12.0. The van der Waals surface area contributed by atoms with E-state index < -0.39 is 0 Å². The fraction of sp³-hybridized carbons (Fsp3) is 0.429. The number of ether oxygens (including phenoxy) is 1. The van der Waals surface area contributed by atoms with Gasteiger partial charge in [-0.1, -0.05) is 24.4 Å². The van der Waals surface area contributed by atoms with Crippen LogP contribution in [-0.2, 0) is 4.74 Å². The maximum Gasteiger partial charge on any atom is 0.251 e. The smallest absolute Gasteiger partial charge is 0.251 e. The lowest BCUT2D eigenvalue weighted by atomic mass is 10.0. The number of rotatable bonds is 4. The van der Waals surface area contributed by atoms with Crippen molar-refractivity contribution in [2.24, 2.45) is 11.7 Å². The molecule has 1 saturated heterocycles. The van der Waals surface area contributed by atoms with Crippen LogP contribution in [0, 0.1) is 5.92 Å². The van der Waals surface area contributed by atoms with Gasteiger partial charge in [-0.25, -0.2) is 0 Å². The van der Waals surface area contributed by atoms with Gasteiger partial charge in [-0.15, -0.1) is 0 Å². The largest absolute Gasteiger partial charge is 0.389 e. The van der Waals surface area contributed by atoms with Gasteiger partial charge in [-0.05, 0) is 25.5 Å². The van der Waals surface area contributed by atoms with Crippen LogP contribution in [0.3, 0.4) is 0 Å². The summed E-state index contributed by atoms with van der Waals surface area (Å²) in [5.41, 5.74) is 6.85. The molecular weight excluding hydrogens is 260 g/mol. The number of amides is 1. The van der Waals surface area contributed by atoms with Crippen LogP contribution in [0.5, 0.6) is 0 Å². The molecule has 1 heterocycles. The minimum atomic E-state index is -0.0998. The molecule has 0 aliphatic carbocycles. The van der Waals surface area contributed by atoms with Crippen LogP contribution in [0.25, 0.3) is 0 Å². The Morgan fingerprint density at radius 2 is 2.26 bits per heavy atom. The zero-order valence-corrected chi connectivity index (χ0v) is 11.7. The molecule has 1 aromatic carbocycles. The number of hydrogen-bond acceptors (Lipinski definition) is 3. The van der Waals surface area contributed by atoms with Crippen molar-refractivity contribution in [1.29, 1.82) is 0 Å². The molecule has 102 valence electrons. The van der Waals surface area contributed by atoms with E-state index in [-0.39, 0.29) is 12.0 Å². The average molecular weight is 278 g/mol. The number of hydrogen-bond donors (Lipinski definition) is 2. The molecule has 2 atom stereocenters. The third kappa shape index (κ3) is 3.52. The minimum Gasteiger partial charge on any atom is -0.389 e. The highest BCUT2D eigenvalue weighted by Crippen LogP contribution is 2.19. The second kappa shape index (κ2) is 6.12. The summed E-state index contributed by atoms with van der Waals surface area (Å²) in [6.07, 6.45) is 1.21. The Hall–Kier alpha value is -1.46. The second-order valence-electron chi connectivity index (χ2n) is 4.78. The lowest BCUT2D eigenvalue weighted by molar-refractivity contribution is 0.0907. The van der Waals surface area contributed by atoms with E-state index in [1.165, 1.54) is 0 Å². The fourth-order valence-corrected chi connectivity index (χ4v) is 2.31. The zero-order chi connectivity index (χ0) is 13.8. The van der Waals surface area contributed by atoms with E-state index >= 15 is 0 Å². The van der Waals surface area contributed by atoms with Gasteiger partial charge in [0.05, 0.1) is 6.10 Å². The van der Waals surface area contributed by atoms with E-state index in [2.05, 4.69) is 5.32 Å². The molecule has 19 heavy (non-hydrogen) atoms. The summed E-state index contributed by atoms with van der Waals surface area (Å²) < 4.78 is 5.47. The third-order valence-corrected chi connectivity index (χ3v) is 3.70. The van der Waals surface area contributed by atoms with Gasteiger partial charge in [-0.2, -0.15) is 0 Å². The number of nitrogens with two attached hydrogens (primary N) is 1. The summed E-state index contributed by atoms with van der Waals surface area (Å²) in [6, 6.07) is 7.05. The van der Waals surface area contributed by atoms with Crippen LogP contribution in [0.4, 0.5) is 0 Å². The molecule has 2 rings (SSSR count). The van der Waals surface area contributed by atoms with Gasteiger partial charge in [0.25, 0.3) is 5.91 Å². The molecule has 2 unspecified atom stereocenters. The predicted octanol–water partition coefficient (Wildman–Crippen LogP) is 1.48. The number of carbonyl (C=O) groups excluding carboxylic acids is 1. The van der Waals surface area contributed by atoms with Gasteiger partial charge in [0.15, 0.2) is 0 Å². The number of carbonyl (C=O) groups is 1. The van der Waals surface area contributed by atoms with E-state index in [9.17, 15) is 4.79 Å². The molecule has 0 radical (unpaired) electrons. The number of nitrogens with one attached hydrogen (secondary N) is 1. The minimum absolute atomic E-state index is 0.0998. The Kier molecular flexibility index (Phi) is 4.50. The van der Waals surface area contributed by atoms with Gasteiger partial charge in [0, 0.05) is 30.2 Å². The molecule has 0 aromatic heterocycles. The summed E-state index contributed by atoms with van der Waals surface area (Å²) in [7, 11) is 0. The summed E-state index contributed by atoms with van der Waals surface area (Å²) in [4.78, 5) is 12.3. The molecule has 3 N–H and O–H groups in total. The van der Waals surface area contributed by atoms with Crippen molar-refractivity contribution in [3.63, 3.8) is 0 Å². The molecule has 1 fully saturated rings. The van der Waals surface area contributed by atoms with E-state index in [4.69, 9.17) is 22.7 Å². The summed E-state index contributed by atoms with van der Waals surface area (Å²) in [5, 5.41) is 2.93. The third-order valence-electron chi connectivity index (χ3n) is 3.47. The van der Waals surface area contributed by atoms with Crippen LogP contribution in [0.2, 0.25) is 0 Å². The van der Waals surface area contributed by atoms with Crippen LogP contribution in [0.1, 0.15) is 29.3 Å². The van der Waals surface area contributed by atoms with E-state index in [0.717, 1.165) is 13.0 Å². The van der Waals surface area contributed by atoms with Crippen molar-refractivity contribution < 1.29 is 9.53 Å². The van der Waals surface area contributed by atoms with Crippen LogP contribution in [-0.4, -0.2) is 30.2 Å². The second-order valence-corrected chi connectivity index (χ2v) is 5.22. The standard InChI is InChI=1S/C14H18N2O2S/c1-9-12(5-6-18-9)8-16-14(17)11-4-2-3-10(7-11)13(15)19/h2-4,7,9,12H,5-6,8H2,1H3,(H2,15,19)(H,16,17). The van der Waals surface area contributed by atoms with Crippen LogP contribution >= 0.6 is 12.2 Å². The first kappa shape index (κ1) is 14.0. The lowest BCUT2D eigenvalue weighted by Crippen LogP contribution is -2.32. The maximum atomic E-state index is 12.0. The van der Waals surface area contributed by atoms with Gasteiger partial charge >= 0.3 is 0 Å². The average Bonchev–Trinajstić information content (AvgIpc) is 2.81.